The highest BCUT2D eigenvalue weighted by Crippen LogP contribution is 2.28. The fourth-order valence-electron chi connectivity index (χ4n) is 2.81. The molecule has 1 aromatic carbocycles. The van der Waals surface area contributed by atoms with Gasteiger partial charge in [-0.25, -0.2) is 0 Å². The van der Waals surface area contributed by atoms with Crippen LogP contribution in [-0.2, 0) is 0 Å². The first-order chi connectivity index (χ1) is 9.35. The van der Waals surface area contributed by atoms with Gasteiger partial charge < -0.3 is 10.1 Å². The average Bonchev–Trinajstić information content (AvgIpc) is 2.46. The molecule has 19 heavy (non-hydrogen) atoms. The van der Waals surface area contributed by atoms with Gasteiger partial charge in [0.25, 0.3) is 0 Å². The number of nitrogens with zero attached hydrogens (tertiary/aromatic N) is 1. The van der Waals surface area contributed by atoms with Gasteiger partial charge in [0, 0.05) is 32.2 Å². The van der Waals surface area contributed by atoms with Gasteiger partial charge in [0.15, 0.2) is 0 Å². The molecule has 0 radical (unpaired) electrons. The summed E-state index contributed by atoms with van der Waals surface area (Å²) < 4.78 is 5.63. The summed E-state index contributed by atoms with van der Waals surface area (Å²) in [6.07, 6.45) is 2.43. The molecule has 106 valence electrons. The summed E-state index contributed by atoms with van der Waals surface area (Å²) in [5.74, 6) is 0.997. The molecule has 0 bridgehead atoms. The van der Waals surface area contributed by atoms with Gasteiger partial charge in [0.1, 0.15) is 5.75 Å². The standard InChI is InChI=1S/C16H26N2O/c1-3-6-16(18-11-9-17-10-12-18)14-7-5-8-15(13-14)19-4-2/h5,7-8,13,16-17H,3-4,6,9-12H2,1-2H3/t16-/m1/s1. The summed E-state index contributed by atoms with van der Waals surface area (Å²) in [6, 6.07) is 9.16. The minimum absolute atomic E-state index is 0.535. The van der Waals surface area contributed by atoms with E-state index in [9.17, 15) is 0 Å². The van der Waals surface area contributed by atoms with Gasteiger partial charge in [0.05, 0.1) is 6.61 Å². The van der Waals surface area contributed by atoms with Crippen molar-refractivity contribution in [2.24, 2.45) is 0 Å². The number of hydrogen-bond acceptors (Lipinski definition) is 3. The van der Waals surface area contributed by atoms with Crippen LogP contribution in [0.5, 0.6) is 5.75 Å². The average molecular weight is 262 g/mol. The summed E-state index contributed by atoms with van der Waals surface area (Å²) in [7, 11) is 0. The first-order valence-electron chi connectivity index (χ1n) is 7.52. The Hall–Kier alpha value is -1.06. The van der Waals surface area contributed by atoms with Gasteiger partial charge in [-0.15, -0.1) is 0 Å². The van der Waals surface area contributed by atoms with Crippen molar-refractivity contribution in [2.75, 3.05) is 32.8 Å². The van der Waals surface area contributed by atoms with Crippen molar-refractivity contribution in [3.63, 3.8) is 0 Å². The van der Waals surface area contributed by atoms with E-state index < -0.39 is 0 Å². The summed E-state index contributed by atoms with van der Waals surface area (Å²) in [5.41, 5.74) is 1.40. The monoisotopic (exact) mass is 262 g/mol. The lowest BCUT2D eigenvalue weighted by atomic mass is 9.99. The smallest absolute Gasteiger partial charge is 0.119 e. The second-order valence-electron chi connectivity index (χ2n) is 5.10. The minimum Gasteiger partial charge on any atom is -0.494 e. The highest BCUT2D eigenvalue weighted by atomic mass is 16.5. The van der Waals surface area contributed by atoms with Crippen LogP contribution in [0.2, 0.25) is 0 Å². The maximum absolute atomic E-state index is 5.63. The maximum atomic E-state index is 5.63. The van der Waals surface area contributed by atoms with Crippen LogP contribution in [0.1, 0.15) is 38.3 Å². The van der Waals surface area contributed by atoms with Crippen molar-refractivity contribution >= 4 is 0 Å². The topological polar surface area (TPSA) is 24.5 Å². The second kappa shape index (κ2) is 7.51. The van der Waals surface area contributed by atoms with Gasteiger partial charge in [-0.1, -0.05) is 25.5 Å². The SMILES string of the molecule is CCC[C@H](c1cccc(OCC)c1)N1CCNCC1. The van der Waals surface area contributed by atoms with E-state index in [-0.39, 0.29) is 0 Å². The Morgan fingerprint density at radius 2 is 2.05 bits per heavy atom. The lowest BCUT2D eigenvalue weighted by Gasteiger charge is -2.35. The van der Waals surface area contributed by atoms with Crippen LogP contribution in [0.15, 0.2) is 24.3 Å². The van der Waals surface area contributed by atoms with Gasteiger partial charge in [-0.05, 0) is 31.0 Å². The van der Waals surface area contributed by atoms with Crippen LogP contribution >= 0.6 is 0 Å². The van der Waals surface area contributed by atoms with E-state index in [0.29, 0.717) is 6.04 Å². The zero-order valence-corrected chi connectivity index (χ0v) is 12.2. The molecule has 0 saturated carbocycles. The summed E-state index contributed by atoms with van der Waals surface area (Å²) in [5, 5.41) is 3.43. The highest BCUT2D eigenvalue weighted by molar-refractivity contribution is 5.30. The molecule has 1 aromatic rings. The molecule has 0 aromatic heterocycles. The van der Waals surface area contributed by atoms with Gasteiger partial charge in [0.2, 0.25) is 0 Å². The van der Waals surface area contributed by atoms with Crippen LogP contribution in [0.25, 0.3) is 0 Å². The normalized spacial score (nSPS) is 18.2. The number of piperazine rings is 1. The first kappa shape index (κ1) is 14.4. The van der Waals surface area contributed by atoms with E-state index in [2.05, 4.69) is 35.3 Å². The molecule has 0 aliphatic carbocycles. The van der Waals surface area contributed by atoms with Gasteiger partial charge >= 0.3 is 0 Å². The summed E-state index contributed by atoms with van der Waals surface area (Å²) >= 11 is 0. The zero-order valence-electron chi connectivity index (χ0n) is 12.2. The van der Waals surface area contributed by atoms with Crippen LogP contribution < -0.4 is 10.1 Å². The minimum atomic E-state index is 0.535. The van der Waals surface area contributed by atoms with Gasteiger partial charge in [-0.2, -0.15) is 0 Å². The number of benzene rings is 1. The number of nitrogens with one attached hydrogen (secondary N) is 1. The van der Waals surface area contributed by atoms with Crippen molar-refractivity contribution in [3.8, 4) is 5.75 Å². The van der Waals surface area contributed by atoms with Crippen LogP contribution in [0.3, 0.4) is 0 Å². The van der Waals surface area contributed by atoms with Crippen LogP contribution in [0.4, 0.5) is 0 Å². The Bertz CT molecular complexity index is 375. The molecule has 0 amide bonds. The fourth-order valence-corrected chi connectivity index (χ4v) is 2.81. The number of ether oxygens (including phenoxy) is 1. The predicted molar refractivity (Wildman–Crippen MR) is 79.7 cm³/mol. The maximum Gasteiger partial charge on any atom is 0.119 e. The summed E-state index contributed by atoms with van der Waals surface area (Å²) in [4.78, 5) is 2.60. The third kappa shape index (κ3) is 3.95. The largest absolute Gasteiger partial charge is 0.494 e. The fraction of sp³-hybridized carbons (Fsp3) is 0.625. The Balaban J connectivity index is 2.14. The second-order valence-corrected chi connectivity index (χ2v) is 5.10. The lowest BCUT2D eigenvalue weighted by Crippen LogP contribution is -2.45. The Labute approximate surface area is 116 Å². The Kier molecular flexibility index (Phi) is 5.67. The Morgan fingerprint density at radius 3 is 2.74 bits per heavy atom. The molecule has 2 rings (SSSR count). The molecule has 1 N–H and O–H groups in total. The van der Waals surface area contributed by atoms with Crippen molar-refractivity contribution in [3.05, 3.63) is 29.8 Å². The molecule has 1 atom stereocenters. The van der Waals surface area contributed by atoms with Crippen molar-refractivity contribution in [1.29, 1.82) is 0 Å². The van der Waals surface area contributed by atoms with E-state index in [4.69, 9.17) is 4.74 Å². The third-order valence-electron chi connectivity index (χ3n) is 3.71. The van der Waals surface area contributed by atoms with E-state index in [1.54, 1.807) is 0 Å². The third-order valence-corrected chi connectivity index (χ3v) is 3.71. The molecule has 3 heteroatoms. The van der Waals surface area contributed by atoms with E-state index in [0.717, 1.165) is 38.5 Å². The van der Waals surface area contributed by atoms with Crippen molar-refractivity contribution < 1.29 is 4.74 Å². The molecule has 0 unspecified atom stereocenters. The number of rotatable bonds is 6. The van der Waals surface area contributed by atoms with Crippen LogP contribution in [-0.4, -0.2) is 37.7 Å². The molecule has 1 aliphatic rings. The molecule has 0 spiro atoms. The summed E-state index contributed by atoms with van der Waals surface area (Å²) in [6.45, 7) is 9.52. The van der Waals surface area contributed by atoms with E-state index >= 15 is 0 Å². The Morgan fingerprint density at radius 1 is 1.26 bits per heavy atom. The molecule has 1 aliphatic heterocycles. The molecule has 1 heterocycles. The first-order valence-corrected chi connectivity index (χ1v) is 7.52. The van der Waals surface area contributed by atoms with Crippen molar-refractivity contribution in [1.82, 2.24) is 10.2 Å². The molecule has 1 saturated heterocycles. The van der Waals surface area contributed by atoms with E-state index in [1.165, 1.54) is 18.4 Å². The molecule has 3 nitrogen and oxygen atoms in total. The quantitative estimate of drug-likeness (QED) is 0.853. The van der Waals surface area contributed by atoms with E-state index in [1.807, 2.05) is 13.0 Å². The lowest BCUT2D eigenvalue weighted by molar-refractivity contribution is 0.164. The molecule has 1 fully saturated rings. The number of hydrogen-bond donors (Lipinski definition) is 1. The van der Waals surface area contributed by atoms with Crippen molar-refractivity contribution in [2.45, 2.75) is 32.7 Å². The predicted octanol–water partition coefficient (Wildman–Crippen LogP) is 2.83. The highest BCUT2D eigenvalue weighted by Gasteiger charge is 2.21. The molecular weight excluding hydrogens is 236 g/mol. The van der Waals surface area contributed by atoms with Gasteiger partial charge in [-0.3, -0.25) is 4.90 Å². The van der Waals surface area contributed by atoms with Crippen LogP contribution in [0, 0.1) is 0 Å². The zero-order chi connectivity index (χ0) is 13.5. The molecular formula is C16H26N2O.